The lowest BCUT2D eigenvalue weighted by molar-refractivity contribution is -0.384. The number of hydrogen-bond donors (Lipinski definition) is 1. The van der Waals surface area contributed by atoms with Crippen LogP contribution in [0, 0.1) is 10.1 Å². The van der Waals surface area contributed by atoms with E-state index in [1.807, 2.05) is 6.92 Å². The van der Waals surface area contributed by atoms with Crippen molar-refractivity contribution < 1.29 is 23.9 Å². The van der Waals surface area contributed by atoms with Gasteiger partial charge in [-0.25, -0.2) is 0 Å². The summed E-state index contributed by atoms with van der Waals surface area (Å²) < 4.78 is 15.8. The Morgan fingerprint density at radius 1 is 1.15 bits per heavy atom. The molecule has 1 amide bonds. The maximum absolute atomic E-state index is 12.4. The maximum atomic E-state index is 12.4. The Morgan fingerprint density at radius 2 is 1.88 bits per heavy atom. The number of benzene rings is 2. The van der Waals surface area contributed by atoms with Crippen molar-refractivity contribution in [3.8, 4) is 11.5 Å². The fraction of sp³-hybridized carbons (Fsp3) is 0.278. The van der Waals surface area contributed by atoms with Crippen LogP contribution >= 0.6 is 0 Å². The summed E-state index contributed by atoms with van der Waals surface area (Å²) in [6.45, 7) is 3.45. The summed E-state index contributed by atoms with van der Waals surface area (Å²) in [6, 6.07) is 10.6. The topological polar surface area (TPSA) is 99.9 Å². The predicted molar refractivity (Wildman–Crippen MR) is 96.0 cm³/mol. The normalized spacial score (nSPS) is 10.2. The van der Waals surface area contributed by atoms with Gasteiger partial charge in [-0.1, -0.05) is 0 Å². The standard InChI is InChI=1S/C18H20N2O6/c1-3-25-10-11-26-15-7-4-13(5-8-15)18(21)19-16-12-14(20(22)23)6-9-17(16)24-2/h4-9,12H,3,10-11H2,1-2H3,(H,19,21). The number of rotatable bonds is 9. The molecule has 26 heavy (non-hydrogen) atoms. The van der Waals surface area contributed by atoms with Crippen molar-refractivity contribution in [1.29, 1.82) is 0 Å². The number of nitrogens with zero attached hydrogens (tertiary/aromatic N) is 1. The molecule has 0 aliphatic heterocycles. The van der Waals surface area contributed by atoms with Crippen molar-refractivity contribution in [1.82, 2.24) is 0 Å². The Labute approximate surface area is 150 Å². The number of methoxy groups -OCH3 is 1. The van der Waals surface area contributed by atoms with Gasteiger partial charge >= 0.3 is 0 Å². The molecule has 0 spiro atoms. The van der Waals surface area contributed by atoms with E-state index in [1.165, 1.54) is 25.3 Å². The molecule has 1 N–H and O–H groups in total. The minimum absolute atomic E-state index is 0.140. The van der Waals surface area contributed by atoms with E-state index >= 15 is 0 Å². The van der Waals surface area contributed by atoms with E-state index in [-0.39, 0.29) is 11.4 Å². The molecule has 8 nitrogen and oxygen atoms in total. The third kappa shape index (κ3) is 5.18. The van der Waals surface area contributed by atoms with Gasteiger partial charge in [0.2, 0.25) is 0 Å². The highest BCUT2D eigenvalue weighted by Crippen LogP contribution is 2.29. The molecular formula is C18H20N2O6. The van der Waals surface area contributed by atoms with Gasteiger partial charge in [-0.2, -0.15) is 0 Å². The fourth-order valence-electron chi connectivity index (χ4n) is 2.17. The summed E-state index contributed by atoms with van der Waals surface area (Å²) in [6.07, 6.45) is 0. The average Bonchev–Trinajstić information content (AvgIpc) is 2.65. The molecule has 8 heteroatoms. The summed E-state index contributed by atoms with van der Waals surface area (Å²) in [4.78, 5) is 22.7. The second kappa shape index (κ2) is 9.38. The van der Waals surface area contributed by atoms with Crippen LogP contribution < -0.4 is 14.8 Å². The van der Waals surface area contributed by atoms with Crippen LogP contribution in [0.25, 0.3) is 0 Å². The first-order valence-electron chi connectivity index (χ1n) is 7.99. The van der Waals surface area contributed by atoms with Gasteiger partial charge < -0.3 is 19.5 Å². The average molecular weight is 360 g/mol. The highest BCUT2D eigenvalue weighted by molar-refractivity contribution is 6.05. The Kier molecular flexibility index (Phi) is 6.92. The molecule has 0 saturated carbocycles. The van der Waals surface area contributed by atoms with Gasteiger partial charge in [-0.15, -0.1) is 0 Å². The van der Waals surface area contributed by atoms with Crippen LogP contribution in [0.5, 0.6) is 11.5 Å². The van der Waals surface area contributed by atoms with Crippen LogP contribution in [0.1, 0.15) is 17.3 Å². The number of anilines is 1. The van der Waals surface area contributed by atoms with Crippen LogP contribution in [-0.4, -0.2) is 37.8 Å². The minimum Gasteiger partial charge on any atom is -0.495 e. The quantitative estimate of drug-likeness (QED) is 0.418. The molecule has 0 fully saturated rings. The van der Waals surface area contributed by atoms with Gasteiger partial charge in [0, 0.05) is 24.3 Å². The van der Waals surface area contributed by atoms with Crippen LogP contribution in [-0.2, 0) is 4.74 Å². The lowest BCUT2D eigenvalue weighted by Gasteiger charge is -2.11. The predicted octanol–water partition coefficient (Wildman–Crippen LogP) is 3.27. The number of hydrogen-bond acceptors (Lipinski definition) is 6. The first kappa shape index (κ1) is 19.2. The number of ether oxygens (including phenoxy) is 3. The van der Waals surface area contributed by atoms with Crippen LogP contribution in [0.3, 0.4) is 0 Å². The number of nitro benzene ring substituents is 1. The van der Waals surface area contributed by atoms with E-state index in [0.29, 0.717) is 36.9 Å². The number of non-ortho nitro benzene ring substituents is 1. The fourth-order valence-corrected chi connectivity index (χ4v) is 2.17. The second-order valence-electron chi connectivity index (χ2n) is 5.17. The molecule has 0 aliphatic carbocycles. The largest absolute Gasteiger partial charge is 0.495 e. The third-order valence-corrected chi connectivity index (χ3v) is 3.46. The summed E-state index contributed by atoms with van der Waals surface area (Å²) in [5.74, 6) is 0.540. The Balaban J connectivity index is 2.05. The lowest BCUT2D eigenvalue weighted by atomic mass is 10.2. The summed E-state index contributed by atoms with van der Waals surface area (Å²) in [5, 5.41) is 13.5. The van der Waals surface area contributed by atoms with E-state index in [0.717, 1.165) is 0 Å². The molecule has 0 aliphatic rings. The second-order valence-corrected chi connectivity index (χ2v) is 5.17. The number of nitro groups is 1. The SMILES string of the molecule is CCOCCOc1ccc(C(=O)Nc2cc([N+](=O)[O-])ccc2OC)cc1. The van der Waals surface area contributed by atoms with Crippen molar-refractivity contribution >= 4 is 17.3 Å². The molecule has 0 aromatic heterocycles. The van der Waals surface area contributed by atoms with Gasteiger partial charge in [0.05, 0.1) is 24.3 Å². The zero-order valence-electron chi connectivity index (χ0n) is 14.6. The van der Waals surface area contributed by atoms with E-state index in [1.54, 1.807) is 24.3 Å². The molecule has 0 bridgehead atoms. The number of carbonyl (C=O) groups is 1. The van der Waals surface area contributed by atoms with Crippen molar-refractivity contribution in [3.05, 3.63) is 58.1 Å². The molecular weight excluding hydrogens is 340 g/mol. The third-order valence-electron chi connectivity index (χ3n) is 3.46. The molecule has 0 saturated heterocycles. The van der Waals surface area contributed by atoms with Gasteiger partial charge in [-0.3, -0.25) is 14.9 Å². The molecule has 2 rings (SSSR count). The molecule has 0 unspecified atom stereocenters. The Morgan fingerprint density at radius 3 is 2.50 bits per heavy atom. The van der Waals surface area contributed by atoms with Gasteiger partial charge in [0.25, 0.3) is 11.6 Å². The molecule has 138 valence electrons. The van der Waals surface area contributed by atoms with E-state index in [9.17, 15) is 14.9 Å². The van der Waals surface area contributed by atoms with Crippen molar-refractivity contribution in [3.63, 3.8) is 0 Å². The van der Waals surface area contributed by atoms with Crippen LogP contribution in [0.4, 0.5) is 11.4 Å². The molecule has 0 atom stereocenters. The zero-order chi connectivity index (χ0) is 18.9. The van der Waals surface area contributed by atoms with Gasteiger partial charge in [-0.05, 0) is 37.3 Å². The first-order chi connectivity index (χ1) is 12.5. The summed E-state index contributed by atoms with van der Waals surface area (Å²) in [7, 11) is 1.42. The van der Waals surface area contributed by atoms with E-state index < -0.39 is 10.8 Å². The summed E-state index contributed by atoms with van der Waals surface area (Å²) >= 11 is 0. The Bertz CT molecular complexity index is 761. The molecule has 2 aromatic rings. The monoisotopic (exact) mass is 360 g/mol. The number of nitrogens with one attached hydrogen (secondary N) is 1. The smallest absolute Gasteiger partial charge is 0.271 e. The highest BCUT2D eigenvalue weighted by atomic mass is 16.6. The Hall–Kier alpha value is -3.13. The van der Waals surface area contributed by atoms with Crippen molar-refractivity contribution in [2.24, 2.45) is 0 Å². The highest BCUT2D eigenvalue weighted by Gasteiger charge is 2.14. The van der Waals surface area contributed by atoms with Gasteiger partial charge in [0.15, 0.2) is 0 Å². The molecule has 0 heterocycles. The minimum atomic E-state index is -0.538. The van der Waals surface area contributed by atoms with Gasteiger partial charge in [0.1, 0.15) is 18.1 Å². The lowest BCUT2D eigenvalue weighted by Crippen LogP contribution is -2.13. The van der Waals surface area contributed by atoms with Crippen molar-refractivity contribution in [2.75, 3.05) is 32.2 Å². The first-order valence-corrected chi connectivity index (χ1v) is 7.99. The summed E-state index contributed by atoms with van der Waals surface area (Å²) in [5.41, 5.74) is 0.471. The molecule has 2 aromatic carbocycles. The zero-order valence-corrected chi connectivity index (χ0v) is 14.6. The number of carbonyl (C=O) groups excluding carboxylic acids is 1. The van der Waals surface area contributed by atoms with Crippen molar-refractivity contribution in [2.45, 2.75) is 6.92 Å². The molecule has 0 radical (unpaired) electrons. The van der Waals surface area contributed by atoms with Crippen LogP contribution in [0.2, 0.25) is 0 Å². The number of amides is 1. The van der Waals surface area contributed by atoms with E-state index in [2.05, 4.69) is 5.32 Å². The maximum Gasteiger partial charge on any atom is 0.271 e. The van der Waals surface area contributed by atoms with E-state index in [4.69, 9.17) is 14.2 Å². The van der Waals surface area contributed by atoms with Crippen LogP contribution in [0.15, 0.2) is 42.5 Å².